The first-order chi connectivity index (χ1) is 8.93. The lowest BCUT2D eigenvalue weighted by molar-refractivity contribution is 0.0277. The topological polar surface area (TPSA) is 34.2 Å². The highest BCUT2D eigenvalue weighted by atomic mass is 16.5. The van der Waals surface area contributed by atoms with Crippen LogP contribution in [0.3, 0.4) is 0 Å². The van der Waals surface area contributed by atoms with Gasteiger partial charge in [0.25, 0.3) is 0 Å². The van der Waals surface area contributed by atoms with Gasteiger partial charge in [-0.3, -0.25) is 4.98 Å². The second-order valence-electron chi connectivity index (χ2n) is 4.43. The number of aromatic nitrogens is 1. The van der Waals surface area contributed by atoms with Crippen LogP contribution >= 0.6 is 0 Å². The Balaban J connectivity index is 1.80. The number of nitrogens with zero attached hydrogens (tertiary/aromatic N) is 1. The normalized spacial score (nSPS) is 19.7. The Morgan fingerprint density at radius 3 is 2.67 bits per heavy atom. The second kappa shape index (κ2) is 5.29. The lowest BCUT2D eigenvalue weighted by Gasteiger charge is -2.24. The van der Waals surface area contributed by atoms with Crippen molar-refractivity contribution in [2.75, 3.05) is 19.7 Å². The third kappa shape index (κ3) is 2.42. The van der Waals surface area contributed by atoms with E-state index in [9.17, 15) is 0 Å². The molecule has 1 unspecified atom stereocenters. The Morgan fingerprint density at radius 1 is 1.11 bits per heavy atom. The van der Waals surface area contributed by atoms with Crippen LogP contribution in [0, 0.1) is 0 Å². The van der Waals surface area contributed by atoms with Gasteiger partial charge in [-0.15, -0.1) is 0 Å². The van der Waals surface area contributed by atoms with Crippen molar-refractivity contribution >= 4 is 0 Å². The third-order valence-corrected chi connectivity index (χ3v) is 3.20. The number of hydrogen-bond acceptors (Lipinski definition) is 3. The molecule has 2 aromatic rings. The first-order valence-corrected chi connectivity index (χ1v) is 6.26. The van der Waals surface area contributed by atoms with E-state index >= 15 is 0 Å². The van der Waals surface area contributed by atoms with Gasteiger partial charge in [0.2, 0.25) is 0 Å². The van der Waals surface area contributed by atoms with Crippen LogP contribution in [0.15, 0.2) is 48.8 Å². The molecular weight excluding hydrogens is 224 g/mol. The van der Waals surface area contributed by atoms with Crippen molar-refractivity contribution in [3.05, 3.63) is 54.4 Å². The molecule has 0 aliphatic carbocycles. The van der Waals surface area contributed by atoms with Gasteiger partial charge in [0, 0.05) is 25.5 Å². The van der Waals surface area contributed by atoms with Gasteiger partial charge in [0.1, 0.15) is 0 Å². The first-order valence-electron chi connectivity index (χ1n) is 6.26. The Morgan fingerprint density at radius 2 is 2.00 bits per heavy atom. The minimum Gasteiger partial charge on any atom is -0.371 e. The predicted molar refractivity (Wildman–Crippen MR) is 71.2 cm³/mol. The molecule has 18 heavy (non-hydrogen) atoms. The summed E-state index contributed by atoms with van der Waals surface area (Å²) in [5, 5.41) is 3.34. The largest absolute Gasteiger partial charge is 0.371 e. The summed E-state index contributed by atoms with van der Waals surface area (Å²) in [5.41, 5.74) is 3.57. The molecule has 0 amide bonds. The molecule has 1 atom stereocenters. The van der Waals surface area contributed by atoms with E-state index in [2.05, 4.69) is 40.6 Å². The average Bonchev–Trinajstić information content (AvgIpc) is 2.49. The fraction of sp³-hybridized carbons (Fsp3) is 0.267. The molecule has 0 radical (unpaired) electrons. The number of pyridine rings is 1. The summed E-state index contributed by atoms with van der Waals surface area (Å²) in [6.07, 6.45) is 3.86. The molecular formula is C15H16N2O. The summed E-state index contributed by atoms with van der Waals surface area (Å²) in [6.45, 7) is 2.63. The lowest BCUT2D eigenvalue weighted by Crippen LogP contribution is -2.33. The van der Waals surface area contributed by atoms with Crippen LogP contribution in [0.5, 0.6) is 0 Å². The van der Waals surface area contributed by atoms with E-state index in [1.165, 1.54) is 11.1 Å². The maximum absolute atomic E-state index is 5.73. The lowest BCUT2D eigenvalue weighted by atomic mass is 10.0. The molecule has 1 N–H and O–H groups in total. The first kappa shape index (κ1) is 11.4. The zero-order chi connectivity index (χ0) is 12.2. The van der Waals surface area contributed by atoms with Crippen LogP contribution in [0.1, 0.15) is 11.7 Å². The van der Waals surface area contributed by atoms with Crippen LogP contribution in [-0.2, 0) is 4.74 Å². The summed E-state index contributed by atoms with van der Waals surface area (Å²) in [6, 6.07) is 12.6. The SMILES string of the molecule is c1cncc(-c2ccc(C3CNCCO3)cc2)c1. The highest BCUT2D eigenvalue weighted by molar-refractivity contribution is 5.62. The molecule has 0 bridgehead atoms. The van der Waals surface area contributed by atoms with Gasteiger partial charge in [-0.05, 0) is 22.8 Å². The Hall–Kier alpha value is -1.71. The molecule has 0 saturated carbocycles. The van der Waals surface area contributed by atoms with Crippen LogP contribution in [0.25, 0.3) is 11.1 Å². The van der Waals surface area contributed by atoms with Crippen LogP contribution in [-0.4, -0.2) is 24.7 Å². The van der Waals surface area contributed by atoms with Crippen molar-refractivity contribution in [2.24, 2.45) is 0 Å². The van der Waals surface area contributed by atoms with Gasteiger partial charge in [-0.1, -0.05) is 30.3 Å². The van der Waals surface area contributed by atoms with E-state index in [0.29, 0.717) is 0 Å². The Bertz CT molecular complexity index is 490. The van der Waals surface area contributed by atoms with E-state index in [1.807, 2.05) is 12.3 Å². The molecule has 3 heteroatoms. The molecule has 2 heterocycles. The number of nitrogens with one attached hydrogen (secondary N) is 1. The molecule has 1 aliphatic heterocycles. The molecule has 1 fully saturated rings. The second-order valence-corrected chi connectivity index (χ2v) is 4.43. The minimum absolute atomic E-state index is 0.182. The number of ether oxygens (including phenoxy) is 1. The number of benzene rings is 1. The van der Waals surface area contributed by atoms with E-state index < -0.39 is 0 Å². The standard InChI is InChI=1S/C15H16N2O/c1-2-14(10-16-7-1)12-3-5-13(6-4-12)15-11-17-8-9-18-15/h1-7,10,15,17H,8-9,11H2. The van der Waals surface area contributed by atoms with Crippen LogP contribution < -0.4 is 5.32 Å². The van der Waals surface area contributed by atoms with Crippen molar-refractivity contribution in [2.45, 2.75) is 6.10 Å². The molecule has 1 saturated heterocycles. The van der Waals surface area contributed by atoms with E-state index in [0.717, 1.165) is 25.3 Å². The Kier molecular flexibility index (Phi) is 3.35. The number of hydrogen-bond donors (Lipinski definition) is 1. The molecule has 1 aromatic heterocycles. The van der Waals surface area contributed by atoms with Gasteiger partial charge >= 0.3 is 0 Å². The summed E-state index contributed by atoms with van der Waals surface area (Å²) in [5.74, 6) is 0. The molecule has 3 nitrogen and oxygen atoms in total. The zero-order valence-electron chi connectivity index (χ0n) is 10.2. The molecule has 1 aliphatic rings. The van der Waals surface area contributed by atoms with Gasteiger partial charge < -0.3 is 10.1 Å². The monoisotopic (exact) mass is 240 g/mol. The zero-order valence-corrected chi connectivity index (χ0v) is 10.2. The third-order valence-electron chi connectivity index (χ3n) is 3.20. The fourth-order valence-electron chi connectivity index (χ4n) is 2.20. The highest BCUT2D eigenvalue weighted by Crippen LogP contribution is 2.23. The van der Waals surface area contributed by atoms with Crippen LogP contribution in [0.4, 0.5) is 0 Å². The molecule has 3 rings (SSSR count). The maximum Gasteiger partial charge on any atom is 0.0949 e. The number of morpholine rings is 1. The van der Waals surface area contributed by atoms with E-state index in [1.54, 1.807) is 6.20 Å². The predicted octanol–water partition coefficient (Wildman–Crippen LogP) is 2.41. The molecule has 1 aromatic carbocycles. The van der Waals surface area contributed by atoms with Crippen molar-refractivity contribution in [3.8, 4) is 11.1 Å². The molecule has 92 valence electrons. The minimum atomic E-state index is 0.182. The van der Waals surface area contributed by atoms with Crippen LogP contribution in [0.2, 0.25) is 0 Å². The van der Waals surface area contributed by atoms with Crippen molar-refractivity contribution in [1.29, 1.82) is 0 Å². The van der Waals surface area contributed by atoms with Gasteiger partial charge in [0.15, 0.2) is 0 Å². The van der Waals surface area contributed by atoms with E-state index in [-0.39, 0.29) is 6.10 Å². The summed E-state index contributed by atoms with van der Waals surface area (Å²) >= 11 is 0. The number of rotatable bonds is 2. The maximum atomic E-state index is 5.73. The Labute approximate surface area is 107 Å². The van der Waals surface area contributed by atoms with Crippen molar-refractivity contribution < 1.29 is 4.74 Å². The quantitative estimate of drug-likeness (QED) is 0.875. The molecule has 0 spiro atoms. The van der Waals surface area contributed by atoms with Gasteiger partial charge in [-0.25, -0.2) is 0 Å². The summed E-state index contributed by atoms with van der Waals surface area (Å²) in [4.78, 5) is 4.14. The average molecular weight is 240 g/mol. The van der Waals surface area contributed by atoms with Gasteiger partial charge in [-0.2, -0.15) is 0 Å². The van der Waals surface area contributed by atoms with E-state index in [4.69, 9.17) is 4.74 Å². The summed E-state index contributed by atoms with van der Waals surface area (Å²) < 4.78 is 5.73. The summed E-state index contributed by atoms with van der Waals surface area (Å²) in [7, 11) is 0. The van der Waals surface area contributed by atoms with Crippen molar-refractivity contribution in [1.82, 2.24) is 10.3 Å². The van der Waals surface area contributed by atoms with Crippen molar-refractivity contribution in [3.63, 3.8) is 0 Å². The van der Waals surface area contributed by atoms with Gasteiger partial charge in [0.05, 0.1) is 12.7 Å². The fourth-order valence-corrected chi connectivity index (χ4v) is 2.20. The smallest absolute Gasteiger partial charge is 0.0949 e. The highest BCUT2D eigenvalue weighted by Gasteiger charge is 2.15.